The number of anilines is 2. The van der Waals surface area contributed by atoms with E-state index in [1.54, 1.807) is 24.3 Å². The molecule has 1 aliphatic heterocycles. The third-order valence-corrected chi connectivity index (χ3v) is 6.65. The quantitative estimate of drug-likeness (QED) is 0.844. The molecule has 1 amide bonds. The summed E-state index contributed by atoms with van der Waals surface area (Å²) in [6.45, 7) is 4.22. The van der Waals surface area contributed by atoms with Crippen LogP contribution < -0.4 is 9.62 Å². The maximum Gasteiger partial charge on any atom is 0.235 e. The molecule has 0 aliphatic carbocycles. The number of carbonyl (C=O) groups excluding carboxylic acids is 1. The summed E-state index contributed by atoms with van der Waals surface area (Å²) >= 11 is 0. The molecule has 0 aromatic heterocycles. The summed E-state index contributed by atoms with van der Waals surface area (Å²) in [6, 6.07) is 11.4. The summed E-state index contributed by atoms with van der Waals surface area (Å²) in [4.78, 5) is 12.4. The number of benzene rings is 2. The summed E-state index contributed by atoms with van der Waals surface area (Å²) in [7, 11) is -3.28. The van der Waals surface area contributed by atoms with E-state index < -0.39 is 10.0 Å². The average Bonchev–Trinajstić information content (AvgIpc) is 2.96. The van der Waals surface area contributed by atoms with Crippen molar-refractivity contribution in [3.63, 3.8) is 0 Å². The first-order chi connectivity index (χ1) is 12.8. The van der Waals surface area contributed by atoms with Crippen LogP contribution in [-0.4, -0.2) is 26.6 Å². The number of nitrogens with one attached hydrogen (secondary N) is 1. The van der Waals surface area contributed by atoms with Crippen molar-refractivity contribution < 1.29 is 17.6 Å². The highest BCUT2D eigenvalue weighted by Gasteiger charge is 2.29. The summed E-state index contributed by atoms with van der Waals surface area (Å²) in [5, 5.41) is 2.84. The fraction of sp³-hybridized carbons (Fsp3) is 0.350. The number of rotatable bonds is 5. The normalized spacial score (nSPS) is 16.9. The van der Waals surface area contributed by atoms with E-state index in [9.17, 15) is 17.6 Å². The van der Waals surface area contributed by atoms with Crippen LogP contribution in [0.2, 0.25) is 0 Å². The predicted molar refractivity (Wildman–Crippen MR) is 105 cm³/mol. The van der Waals surface area contributed by atoms with E-state index in [-0.39, 0.29) is 29.8 Å². The molecule has 1 N–H and O–H groups in total. The number of carbonyl (C=O) groups is 1. The first-order valence-corrected chi connectivity index (χ1v) is 10.5. The Kier molecular flexibility index (Phi) is 5.51. The van der Waals surface area contributed by atoms with Crippen molar-refractivity contribution in [2.45, 2.75) is 32.6 Å². The highest BCUT2D eigenvalue weighted by Crippen LogP contribution is 2.30. The fourth-order valence-electron chi connectivity index (χ4n) is 3.27. The largest absolute Gasteiger partial charge is 0.326 e. The second kappa shape index (κ2) is 7.68. The van der Waals surface area contributed by atoms with Gasteiger partial charge in [0.15, 0.2) is 0 Å². The lowest BCUT2D eigenvalue weighted by molar-refractivity contribution is -0.116. The van der Waals surface area contributed by atoms with Gasteiger partial charge in [0.05, 0.1) is 11.4 Å². The summed E-state index contributed by atoms with van der Waals surface area (Å²) < 4.78 is 38.8. The minimum Gasteiger partial charge on any atom is -0.326 e. The van der Waals surface area contributed by atoms with Gasteiger partial charge in [-0.25, -0.2) is 12.8 Å². The highest BCUT2D eigenvalue weighted by atomic mass is 32.2. The zero-order valence-corrected chi connectivity index (χ0v) is 16.2. The van der Waals surface area contributed by atoms with Gasteiger partial charge in [-0.1, -0.05) is 25.1 Å². The molecule has 0 bridgehead atoms. The van der Waals surface area contributed by atoms with Crippen molar-refractivity contribution >= 4 is 27.3 Å². The zero-order chi connectivity index (χ0) is 19.6. The molecule has 27 heavy (non-hydrogen) atoms. The smallest absolute Gasteiger partial charge is 0.235 e. The van der Waals surface area contributed by atoms with Gasteiger partial charge in [0.2, 0.25) is 15.9 Å². The molecule has 1 unspecified atom stereocenters. The third kappa shape index (κ3) is 4.47. The van der Waals surface area contributed by atoms with Crippen LogP contribution in [-0.2, 0) is 14.8 Å². The maximum atomic E-state index is 13.0. The fourth-order valence-corrected chi connectivity index (χ4v) is 4.88. The van der Waals surface area contributed by atoms with Gasteiger partial charge in [-0.2, -0.15) is 0 Å². The first-order valence-electron chi connectivity index (χ1n) is 8.92. The SMILES string of the molecule is Cc1ccc(NC(=O)CC(C)c2ccc(F)cc2)cc1N1CCCS1(=O)=O. The molecular formula is C20H23FN2O3S. The minimum absolute atomic E-state index is 0.0607. The Bertz CT molecular complexity index is 942. The molecule has 1 atom stereocenters. The van der Waals surface area contributed by atoms with Crippen molar-refractivity contribution in [3.05, 3.63) is 59.4 Å². The Balaban J connectivity index is 1.71. The molecular weight excluding hydrogens is 367 g/mol. The van der Waals surface area contributed by atoms with Gasteiger partial charge >= 0.3 is 0 Å². The molecule has 1 aliphatic rings. The van der Waals surface area contributed by atoms with Gasteiger partial charge in [0.1, 0.15) is 5.82 Å². The third-order valence-electron chi connectivity index (χ3n) is 4.79. The lowest BCUT2D eigenvalue weighted by Crippen LogP contribution is -2.26. The Labute approximate surface area is 159 Å². The molecule has 0 radical (unpaired) electrons. The van der Waals surface area contributed by atoms with E-state index in [0.29, 0.717) is 24.3 Å². The van der Waals surface area contributed by atoms with Gasteiger partial charge in [0, 0.05) is 18.7 Å². The van der Waals surface area contributed by atoms with E-state index >= 15 is 0 Å². The molecule has 1 saturated heterocycles. The molecule has 3 rings (SSSR count). The number of halogens is 1. The van der Waals surface area contributed by atoms with Crippen molar-refractivity contribution in [1.82, 2.24) is 0 Å². The zero-order valence-electron chi connectivity index (χ0n) is 15.4. The second-order valence-electron chi connectivity index (χ2n) is 6.95. The van der Waals surface area contributed by atoms with Crippen molar-refractivity contribution in [2.24, 2.45) is 0 Å². The lowest BCUT2D eigenvalue weighted by atomic mass is 9.97. The Morgan fingerprint density at radius 2 is 1.93 bits per heavy atom. The van der Waals surface area contributed by atoms with Crippen molar-refractivity contribution in [2.75, 3.05) is 21.9 Å². The molecule has 0 saturated carbocycles. The number of aryl methyl sites for hydroxylation is 1. The number of amides is 1. The minimum atomic E-state index is -3.28. The molecule has 2 aromatic carbocycles. The molecule has 0 spiro atoms. The number of sulfonamides is 1. The second-order valence-corrected chi connectivity index (χ2v) is 8.96. The molecule has 1 fully saturated rings. The summed E-state index contributed by atoms with van der Waals surface area (Å²) in [5.41, 5.74) is 2.91. The molecule has 2 aromatic rings. The highest BCUT2D eigenvalue weighted by molar-refractivity contribution is 7.93. The number of hydrogen-bond acceptors (Lipinski definition) is 3. The Morgan fingerprint density at radius 3 is 2.56 bits per heavy atom. The standard InChI is InChI=1S/C20H23FN2O3S/c1-14-4-9-18(13-19(14)23-10-3-11-27(23,25)26)22-20(24)12-15(2)16-5-7-17(21)8-6-16/h4-9,13,15H,3,10-12H2,1-2H3,(H,22,24). The molecule has 144 valence electrons. The maximum absolute atomic E-state index is 13.0. The van der Waals surface area contributed by atoms with Crippen LogP contribution in [0.3, 0.4) is 0 Å². The van der Waals surface area contributed by atoms with Crippen LogP contribution in [0.1, 0.15) is 36.8 Å². The average molecular weight is 390 g/mol. The Morgan fingerprint density at radius 1 is 1.22 bits per heavy atom. The van der Waals surface area contributed by atoms with Crippen LogP contribution in [0.5, 0.6) is 0 Å². The summed E-state index contributed by atoms with van der Waals surface area (Å²) in [5.74, 6) is -0.391. The van der Waals surface area contributed by atoms with Crippen LogP contribution in [0.25, 0.3) is 0 Å². The van der Waals surface area contributed by atoms with Gasteiger partial charge in [0.25, 0.3) is 0 Å². The van der Waals surface area contributed by atoms with Crippen molar-refractivity contribution in [3.8, 4) is 0 Å². The van der Waals surface area contributed by atoms with E-state index in [0.717, 1.165) is 11.1 Å². The van der Waals surface area contributed by atoms with E-state index in [1.807, 2.05) is 19.9 Å². The van der Waals surface area contributed by atoms with Crippen molar-refractivity contribution in [1.29, 1.82) is 0 Å². The van der Waals surface area contributed by atoms with Gasteiger partial charge < -0.3 is 5.32 Å². The Hall–Kier alpha value is -2.41. The van der Waals surface area contributed by atoms with Crippen LogP contribution in [0.4, 0.5) is 15.8 Å². The van der Waals surface area contributed by atoms with E-state index in [1.165, 1.54) is 16.4 Å². The van der Waals surface area contributed by atoms with Crippen LogP contribution in [0.15, 0.2) is 42.5 Å². The first kappa shape index (κ1) is 19.4. The lowest BCUT2D eigenvalue weighted by Gasteiger charge is -2.20. The topological polar surface area (TPSA) is 66.5 Å². The van der Waals surface area contributed by atoms with Gasteiger partial charge in [-0.15, -0.1) is 0 Å². The predicted octanol–water partition coefficient (Wildman–Crippen LogP) is 3.81. The number of hydrogen-bond donors (Lipinski definition) is 1. The van der Waals surface area contributed by atoms with Gasteiger partial charge in [-0.3, -0.25) is 9.10 Å². The van der Waals surface area contributed by atoms with Crippen LogP contribution in [0, 0.1) is 12.7 Å². The summed E-state index contributed by atoms with van der Waals surface area (Å²) in [6.07, 6.45) is 0.852. The van der Waals surface area contributed by atoms with E-state index in [4.69, 9.17) is 0 Å². The van der Waals surface area contributed by atoms with Gasteiger partial charge in [-0.05, 0) is 54.7 Å². The van der Waals surface area contributed by atoms with Crippen LogP contribution >= 0.6 is 0 Å². The van der Waals surface area contributed by atoms with E-state index in [2.05, 4.69) is 5.32 Å². The molecule has 1 heterocycles. The monoisotopic (exact) mass is 390 g/mol. The molecule has 5 nitrogen and oxygen atoms in total. The number of nitrogens with zero attached hydrogens (tertiary/aromatic N) is 1. The molecule has 7 heteroatoms.